The summed E-state index contributed by atoms with van der Waals surface area (Å²) in [6.45, 7) is 0.387. The summed E-state index contributed by atoms with van der Waals surface area (Å²) in [5.74, 6) is -1.18. The average Bonchev–Trinajstić information content (AvgIpc) is 3.16. The second kappa shape index (κ2) is 9.26. The average molecular weight is 428 g/mol. The van der Waals surface area contributed by atoms with E-state index in [2.05, 4.69) is 5.32 Å². The van der Waals surface area contributed by atoms with Gasteiger partial charge >= 0.3 is 5.97 Å². The summed E-state index contributed by atoms with van der Waals surface area (Å²) in [5.41, 5.74) is 2.02. The van der Waals surface area contributed by atoms with Gasteiger partial charge in [0, 0.05) is 24.9 Å². The van der Waals surface area contributed by atoms with Crippen LogP contribution < -0.4 is 15.0 Å². The topological polar surface area (TPSA) is 92.8 Å². The number of hydrogen-bond acceptors (Lipinski definition) is 5. The zero-order valence-electron chi connectivity index (χ0n) is 17.1. The summed E-state index contributed by atoms with van der Waals surface area (Å²) in [6, 6.07) is 21.9. The van der Waals surface area contributed by atoms with E-state index in [1.54, 1.807) is 18.2 Å². The quantitative estimate of drug-likeness (QED) is 0.369. The molecule has 0 unspecified atom stereocenters. The molecule has 3 aromatic rings. The number of benzene rings is 3. The maximum atomic E-state index is 12.5. The molecular weight excluding hydrogens is 408 g/mol. The minimum atomic E-state index is -0.613. The van der Waals surface area contributed by atoms with Crippen LogP contribution in [0.4, 0.5) is 5.69 Å². The summed E-state index contributed by atoms with van der Waals surface area (Å²) in [6.07, 6.45) is 0.385. The number of carbonyl (C=O) groups is 4. The van der Waals surface area contributed by atoms with Gasteiger partial charge in [0.25, 0.3) is 5.91 Å². The Kier molecular flexibility index (Phi) is 6.07. The number of amides is 3. The maximum Gasteiger partial charge on any atom is 0.343 e. The summed E-state index contributed by atoms with van der Waals surface area (Å²) < 4.78 is 5.40. The highest BCUT2D eigenvalue weighted by Crippen LogP contribution is 2.23. The number of ether oxygens (including phenoxy) is 1. The third-order valence-corrected chi connectivity index (χ3v) is 5.02. The van der Waals surface area contributed by atoms with Crippen LogP contribution in [0.5, 0.6) is 5.75 Å². The van der Waals surface area contributed by atoms with Crippen molar-refractivity contribution >= 4 is 29.4 Å². The lowest BCUT2D eigenvalue weighted by atomic mass is 10.1. The lowest BCUT2D eigenvalue weighted by molar-refractivity contribution is -0.121. The molecule has 1 heterocycles. The Bertz CT molecular complexity index is 1160. The molecule has 0 aliphatic carbocycles. The Morgan fingerprint density at radius 3 is 2.19 bits per heavy atom. The number of imide groups is 1. The van der Waals surface area contributed by atoms with Crippen molar-refractivity contribution in [1.82, 2.24) is 5.32 Å². The molecule has 160 valence electrons. The lowest BCUT2D eigenvalue weighted by Crippen LogP contribution is -2.28. The first-order valence-corrected chi connectivity index (χ1v) is 10.1. The Morgan fingerprint density at radius 1 is 0.812 bits per heavy atom. The molecule has 0 spiro atoms. The molecule has 7 heteroatoms. The van der Waals surface area contributed by atoms with E-state index in [1.165, 1.54) is 30.3 Å². The van der Waals surface area contributed by atoms with Crippen molar-refractivity contribution in [2.45, 2.75) is 19.4 Å². The van der Waals surface area contributed by atoms with Crippen LogP contribution in [0.1, 0.15) is 39.1 Å². The molecule has 1 fully saturated rings. The van der Waals surface area contributed by atoms with E-state index in [9.17, 15) is 19.2 Å². The fourth-order valence-electron chi connectivity index (χ4n) is 3.36. The van der Waals surface area contributed by atoms with Gasteiger partial charge < -0.3 is 10.1 Å². The van der Waals surface area contributed by atoms with Crippen molar-refractivity contribution in [3.8, 4) is 5.75 Å². The molecule has 3 aromatic carbocycles. The van der Waals surface area contributed by atoms with E-state index in [0.29, 0.717) is 17.8 Å². The smallest absolute Gasteiger partial charge is 0.343 e. The molecule has 0 radical (unpaired) electrons. The van der Waals surface area contributed by atoms with Crippen LogP contribution in [-0.4, -0.2) is 23.7 Å². The molecular formula is C25H20N2O5. The van der Waals surface area contributed by atoms with Crippen LogP contribution in [0, 0.1) is 0 Å². The number of rotatable bonds is 6. The Labute approximate surface area is 184 Å². The molecule has 1 aliphatic heterocycles. The van der Waals surface area contributed by atoms with Crippen LogP contribution in [0.2, 0.25) is 0 Å². The number of nitrogens with zero attached hydrogens (tertiary/aromatic N) is 1. The van der Waals surface area contributed by atoms with Crippen molar-refractivity contribution in [2.24, 2.45) is 0 Å². The molecule has 32 heavy (non-hydrogen) atoms. The van der Waals surface area contributed by atoms with Gasteiger partial charge in [0.05, 0.1) is 11.3 Å². The maximum absolute atomic E-state index is 12.5. The van der Waals surface area contributed by atoms with Gasteiger partial charge in [0.15, 0.2) is 0 Å². The van der Waals surface area contributed by atoms with Crippen molar-refractivity contribution in [2.75, 3.05) is 4.90 Å². The summed E-state index contributed by atoms with van der Waals surface area (Å²) in [7, 11) is 0. The van der Waals surface area contributed by atoms with Crippen molar-refractivity contribution in [3.05, 3.63) is 95.6 Å². The van der Waals surface area contributed by atoms with E-state index >= 15 is 0 Å². The normalized spacial score (nSPS) is 13.2. The molecule has 0 atom stereocenters. The SMILES string of the molecule is O=C(NCc1ccccc1)c1cccc(OC(=O)c2ccc(N3C(=O)CCC3=O)cc2)c1. The van der Waals surface area contributed by atoms with Crippen LogP contribution in [0.25, 0.3) is 0 Å². The van der Waals surface area contributed by atoms with E-state index in [-0.39, 0.29) is 41.9 Å². The largest absolute Gasteiger partial charge is 0.423 e. The van der Waals surface area contributed by atoms with Gasteiger partial charge in [-0.15, -0.1) is 0 Å². The molecule has 3 amide bonds. The van der Waals surface area contributed by atoms with E-state index < -0.39 is 5.97 Å². The lowest BCUT2D eigenvalue weighted by Gasteiger charge is -2.14. The van der Waals surface area contributed by atoms with Gasteiger partial charge in [-0.3, -0.25) is 19.3 Å². The van der Waals surface area contributed by atoms with E-state index in [0.717, 1.165) is 10.5 Å². The van der Waals surface area contributed by atoms with Crippen molar-refractivity contribution < 1.29 is 23.9 Å². The predicted molar refractivity (Wildman–Crippen MR) is 117 cm³/mol. The van der Waals surface area contributed by atoms with Crippen LogP contribution in [-0.2, 0) is 16.1 Å². The van der Waals surface area contributed by atoms with Gasteiger partial charge in [0.1, 0.15) is 5.75 Å². The summed E-state index contributed by atoms with van der Waals surface area (Å²) >= 11 is 0. The molecule has 0 aromatic heterocycles. The Morgan fingerprint density at radius 2 is 1.50 bits per heavy atom. The second-order valence-electron chi connectivity index (χ2n) is 7.26. The van der Waals surface area contributed by atoms with Gasteiger partial charge in [0.2, 0.25) is 11.8 Å². The monoisotopic (exact) mass is 428 g/mol. The minimum Gasteiger partial charge on any atom is -0.423 e. The van der Waals surface area contributed by atoms with Crippen LogP contribution in [0.15, 0.2) is 78.9 Å². The summed E-state index contributed by atoms with van der Waals surface area (Å²) in [4.78, 5) is 49.7. The number of carbonyl (C=O) groups excluding carboxylic acids is 4. The van der Waals surface area contributed by atoms with E-state index in [1.807, 2.05) is 30.3 Å². The number of anilines is 1. The van der Waals surface area contributed by atoms with Crippen LogP contribution in [0.3, 0.4) is 0 Å². The highest BCUT2D eigenvalue weighted by molar-refractivity contribution is 6.19. The fourth-order valence-corrected chi connectivity index (χ4v) is 3.36. The van der Waals surface area contributed by atoms with Crippen LogP contribution >= 0.6 is 0 Å². The van der Waals surface area contributed by atoms with Gasteiger partial charge in [-0.2, -0.15) is 0 Å². The third kappa shape index (κ3) is 4.73. The highest BCUT2D eigenvalue weighted by Gasteiger charge is 2.30. The van der Waals surface area contributed by atoms with Crippen molar-refractivity contribution in [3.63, 3.8) is 0 Å². The Hall–Kier alpha value is -4.26. The predicted octanol–water partition coefficient (Wildman–Crippen LogP) is 3.49. The van der Waals surface area contributed by atoms with E-state index in [4.69, 9.17) is 4.74 Å². The summed E-state index contributed by atoms with van der Waals surface area (Å²) in [5, 5.41) is 2.83. The number of hydrogen-bond donors (Lipinski definition) is 1. The van der Waals surface area contributed by atoms with Gasteiger partial charge in [-0.05, 0) is 48.0 Å². The fraction of sp³-hybridized carbons (Fsp3) is 0.120. The highest BCUT2D eigenvalue weighted by atomic mass is 16.5. The third-order valence-electron chi connectivity index (χ3n) is 5.02. The number of nitrogens with one attached hydrogen (secondary N) is 1. The minimum absolute atomic E-state index is 0.192. The Balaban J connectivity index is 1.39. The standard InChI is InChI=1S/C25H20N2O5/c28-22-13-14-23(29)27(22)20-11-9-18(10-12-20)25(31)32-21-8-4-7-19(15-21)24(30)26-16-17-5-2-1-3-6-17/h1-12,15H,13-14,16H2,(H,26,30). The zero-order chi connectivity index (χ0) is 22.5. The molecule has 7 nitrogen and oxygen atoms in total. The molecule has 4 rings (SSSR count). The second-order valence-corrected chi connectivity index (χ2v) is 7.26. The number of esters is 1. The molecule has 1 saturated heterocycles. The molecule has 1 aliphatic rings. The zero-order valence-corrected chi connectivity index (χ0v) is 17.1. The van der Waals surface area contributed by atoms with Crippen molar-refractivity contribution in [1.29, 1.82) is 0 Å². The first-order valence-electron chi connectivity index (χ1n) is 10.1. The first-order chi connectivity index (χ1) is 15.5. The van der Waals surface area contributed by atoms with Gasteiger partial charge in [-0.25, -0.2) is 4.79 Å². The first kappa shape index (κ1) is 21.0. The molecule has 0 saturated carbocycles. The van der Waals surface area contributed by atoms with Gasteiger partial charge in [-0.1, -0.05) is 36.4 Å². The molecule has 1 N–H and O–H groups in total. The molecule has 0 bridgehead atoms.